The van der Waals surface area contributed by atoms with E-state index in [1.807, 2.05) is 12.1 Å². The van der Waals surface area contributed by atoms with Crippen molar-refractivity contribution in [1.29, 1.82) is 0 Å². The number of nitrogens with zero attached hydrogens (tertiary/aromatic N) is 1. The van der Waals surface area contributed by atoms with Gasteiger partial charge in [-0.1, -0.05) is 24.3 Å². The Morgan fingerprint density at radius 1 is 1.02 bits per heavy atom. The number of ether oxygens (including phenoxy) is 4. The second-order valence-electron chi connectivity index (χ2n) is 9.76. The number of carbonyl (C=O) groups is 1. The van der Waals surface area contributed by atoms with Gasteiger partial charge in [-0.15, -0.1) is 0 Å². The van der Waals surface area contributed by atoms with E-state index in [1.165, 1.54) is 12.1 Å². The second-order valence-corrected chi connectivity index (χ2v) is 11.9. The molecule has 0 spiro atoms. The van der Waals surface area contributed by atoms with Crippen LogP contribution in [0, 0.1) is 0 Å². The van der Waals surface area contributed by atoms with Gasteiger partial charge < -0.3 is 29.4 Å². The molecule has 3 aromatic carbocycles. The van der Waals surface area contributed by atoms with Crippen molar-refractivity contribution >= 4 is 21.6 Å². The van der Waals surface area contributed by atoms with Crippen molar-refractivity contribution in [3.63, 3.8) is 0 Å². The third-order valence-corrected chi connectivity index (χ3v) is 8.62. The molecule has 1 amide bonds. The molecule has 11 heteroatoms. The van der Waals surface area contributed by atoms with E-state index in [1.54, 1.807) is 62.8 Å². The van der Waals surface area contributed by atoms with Gasteiger partial charge in [-0.05, 0) is 66.9 Å². The van der Waals surface area contributed by atoms with Crippen molar-refractivity contribution in [3.8, 4) is 17.2 Å². The van der Waals surface area contributed by atoms with E-state index >= 15 is 0 Å². The molecule has 10 nitrogen and oxygen atoms in total. The van der Waals surface area contributed by atoms with Crippen molar-refractivity contribution < 1.29 is 37.3 Å². The molecule has 0 fully saturated rings. The topological polar surface area (TPSA) is 133 Å². The van der Waals surface area contributed by atoms with Crippen molar-refractivity contribution in [3.05, 3.63) is 83.9 Å². The number of nitrogens with one attached hydrogen (secondary N) is 1. The molecule has 0 bridgehead atoms. The van der Waals surface area contributed by atoms with Gasteiger partial charge in [0, 0.05) is 25.1 Å². The summed E-state index contributed by atoms with van der Waals surface area (Å²) in [6, 6.07) is 20.7. The molecular weight excluding hydrogens is 560 g/mol. The first-order valence-electron chi connectivity index (χ1n) is 13.6. The van der Waals surface area contributed by atoms with Gasteiger partial charge in [-0.2, -0.15) is 0 Å². The Morgan fingerprint density at radius 2 is 1.76 bits per heavy atom. The summed E-state index contributed by atoms with van der Waals surface area (Å²) in [7, 11) is -0.537. The second kappa shape index (κ2) is 14.2. The normalized spacial score (nSPS) is 16.3. The smallest absolute Gasteiger partial charge is 0.251 e. The lowest BCUT2D eigenvalue weighted by molar-refractivity contribution is -0.126. The lowest BCUT2D eigenvalue weighted by Gasteiger charge is -2.23. The number of aliphatic imine (C=N–C) groups is 1. The molecule has 1 heterocycles. The van der Waals surface area contributed by atoms with Crippen LogP contribution in [-0.2, 0) is 25.8 Å². The molecule has 0 saturated carbocycles. The van der Waals surface area contributed by atoms with Crippen LogP contribution >= 0.6 is 0 Å². The fourth-order valence-corrected chi connectivity index (χ4v) is 5.88. The number of hydrogen-bond donors (Lipinski definition) is 2. The van der Waals surface area contributed by atoms with Crippen molar-refractivity contribution in [1.82, 2.24) is 5.32 Å². The minimum Gasteiger partial charge on any atom is -0.494 e. The van der Waals surface area contributed by atoms with Crippen LogP contribution in [0.3, 0.4) is 0 Å². The van der Waals surface area contributed by atoms with E-state index in [2.05, 4.69) is 10.3 Å². The molecule has 1 atom stereocenters. The fraction of sp³-hybridized carbons (Fsp3) is 0.355. The molecule has 1 aliphatic rings. The van der Waals surface area contributed by atoms with Crippen LogP contribution in [0.25, 0.3) is 0 Å². The van der Waals surface area contributed by atoms with E-state index in [4.69, 9.17) is 24.1 Å². The maximum Gasteiger partial charge on any atom is 0.251 e. The minimum absolute atomic E-state index is 0.0428. The molecule has 2 N–H and O–H groups in total. The SMILES string of the molecule is COc1ccc(CCNC(=O)[C@@]2(CCS(=O)(=O)c3ccccc3)COC(c3ccc(OCCCO)cc3)=N2)cc1OC. The quantitative estimate of drug-likeness (QED) is 0.256. The molecule has 4 rings (SSSR count). The van der Waals surface area contributed by atoms with Crippen LogP contribution in [0.5, 0.6) is 17.2 Å². The van der Waals surface area contributed by atoms with Crippen LogP contribution in [0.4, 0.5) is 0 Å². The number of hydrogen-bond acceptors (Lipinski definition) is 9. The molecule has 0 unspecified atom stereocenters. The lowest BCUT2D eigenvalue weighted by Crippen LogP contribution is -2.48. The Balaban J connectivity index is 1.51. The highest BCUT2D eigenvalue weighted by Crippen LogP contribution is 2.30. The number of carbonyl (C=O) groups excluding carboxylic acids is 1. The summed E-state index contributed by atoms with van der Waals surface area (Å²) in [5.41, 5.74) is 0.141. The highest BCUT2D eigenvalue weighted by atomic mass is 32.2. The Kier molecular flexibility index (Phi) is 10.4. The first-order chi connectivity index (χ1) is 20.3. The van der Waals surface area contributed by atoms with E-state index in [-0.39, 0.29) is 36.2 Å². The average Bonchev–Trinajstić information content (AvgIpc) is 3.47. The number of rotatable bonds is 15. The number of amides is 1. The lowest BCUT2D eigenvalue weighted by atomic mass is 9.97. The van der Waals surface area contributed by atoms with E-state index in [0.717, 1.165) is 5.56 Å². The van der Waals surface area contributed by atoms with Gasteiger partial charge in [-0.25, -0.2) is 13.4 Å². The molecule has 0 saturated heterocycles. The third-order valence-electron chi connectivity index (χ3n) is 6.89. The van der Waals surface area contributed by atoms with E-state index in [0.29, 0.717) is 48.8 Å². The van der Waals surface area contributed by atoms with Crippen LogP contribution in [0.2, 0.25) is 0 Å². The summed E-state index contributed by atoms with van der Waals surface area (Å²) in [6.45, 7) is 0.632. The highest BCUT2D eigenvalue weighted by Gasteiger charge is 2.45. The van der Waals surface area contributed by atoms with Crippen LogP contribution in [0.15, 0.2) is 82.7 Å². The molecule has 224 valence electrons. The zero-order valence-electron chi connectivity index (χ0n) is 23.7. The first-order valence-corrected chi connectivity index (χ1v) is 15.3. The first kappa shape index (κ1) is 30.9. The molecule has 0 radical (unpaired) electrons. The Labute approximate surface area is 246 Å². The molecule has 1 aliphatic heterocycles. The van der Waals surface area contributed by atoms with Gasteiger partial charge >= 0.3 is 0 Å². The average molecular weight is 597 g/mol. The maximum absolute atomic E-state index is 13.6. The van der Waals surface area contributed by atoms with Gasteiger partial charge in [0.2, 0.25) is 5.90 Å². The molecular formula is C31H36N2O8S. The van der Waals surface area contributed by atoms with Crippen molar-refractivity contribution in [2.75, 3.05) is 46.3 Å². The number of methoxy groups -OCH3 is 2. The number of aliphatic hydroxyl groups is 1. The largest absolute Gasteiger partial charge is 0.494 e. The summed E-state index contributed by atoms with van der Waals surface area (Å²) in [4.78, 5) is 18.5. The zero-order chi connectivity index (χ0) is 30.0. The maximum atomic E-state index is 13.6. The summed E-state index contributed by atoms with van der Waals surface area (Å²) in [5, 5.41) is 11.9. The third kappa shape index (κ3) is 7.59. The highest BCUT2D eigenvalue weighted by molar-refractivity contribution is 7.91. The standard InChI is InChI=1S/C31H36N2O8S/c1-38-27-14-9-23(21-28(27)39-2)15-17-32-30(35)31(16-20-42(36,37)26-7-4-3-5-8-26)22-41-29(33-31)24-10-12-25(13-11-24)40-19-6-18-34/h3-5,7-14,21,34H,6,15-20,22H2,1-2H3,(H,32,35)/t31-/m1/s1. The molecule has 0 aromatic heterocycles. The number of sulfone groups is 1. The predicted octanol–water partition coefficient (Wildman–Crippen LogP) is 3.20. The summed E-state index contributed by atoms with van der Waals surface area (Å²) in [5.74, 6) is 1.39. The molecule has 0 aliphatic carbocycles. The fourth-order valence-electron chi connectivity index (χ4n) is 4.47. The minimum atomic E-state index is -3.66. The molecule has 3 aromatic rings. The predicted molar refractivity (Wildman–Crippen MR) is 158 cm³/mol. The summed E-state index contributed by atoms with van der Waals surface area (Å²) >= 11 is 0. The van der Waals surface area contributed by atoms with Crippen LogP contribution < -0.4 is 19.5 Å². The van der Waals surface area contributed by atoms with Gasteiger partial charge in [0.25, 0.3) is 5.91 Å². The molecule has 42 heavy (non-hydrogen) atoms. The summed E-state index contributed by atoms with van der Waals surface area (Å²) < 4.78 is 48.3. The number of aliphatic hydroxyl groups excluding tert-OH is 1. The van der Waals surface area contributed by atoms with Crippen molar-refractivity contribution in [2.45, 2.75) is 29.7 Å². The van der Waals surface area contributed by atoms with Gasteiger partial charge in [-0.3, -0.25) is 4.79 Å². The number of benzene rings is 3. The van der Waals surface area contributed by atoms with Gasteiger partial charge in [0.15, 0.2) is 26.9 Å². The van der Waals surface area contributed by atoms with E-state index in [9.17, 15) is 13.2 Å². The Bertz CT molecular complexity index is 1480. The van der Waals surface area contributed by atoms with Crippen LogP contribution in [-0.4, -0.2) is 77.2 Å². The van der Waals surface area contributed by atoms with Crippen molar-refractivity contribution in [2.24, 2.45) is 4.99 Å². The van der Waals surface area contributed by atoms with E-state index < -0.39 is 21.3 Å². The van der Waals surface area contributed by atoms with Gasteiger partial charge in [0.05, 0.1) is 31.5 Å². The zero-order valence-corrected chi connectivity index (χ0v) is 24.6. The Morgan fingerprint density at radius 3 is 2.45 bits per heavy atom. The summed E-state index contributed by atoms with van der Waals surface area (Å²) in [6.07, 6.45) is 0.977. The van der Waals surface area contributed by atoms with Gasteiger partial charge in [0.1, 0.15) is 12.4 Å². The monoisotopic (exact) mass is 596 g/mol. The Hall–Kier alpha value is -4.09. The van der Waals surface area contributed by atoms with Crippen LogP contribution in [0.1, 0.15) is 24.0 Å².